The van der Waals surface area contributed by atoms with Gasteiger partial charge in [-0.2, -0.15) is 0 Å². The number of ether oxygens (including phenoxy) is 9. The van der Waals surface area contributed by atoms with Crippen LogP contribution in [-0.2, 0) is 23.7 Å². The van der Waals surface area contributed by atoms with Gasteiger partial charge in [-0.3, -0.25) is 0 Å². The van der Waals surface area contributed by atoms with E-state index in [2.05, 4.69) is 48.5 Å². The monoisotopic (exact) mass is 656 g/mol. The molecule has 0 bridgehead atoms. The molecule has 2 aliphatic heterocycles. The zero-order chi connectivity index (χ0) is 32.8. The smallest absolute Gasteiger partial charge is 0.119 e. The van der Waals surface area contributed by atoms with Gasteiger partial charge in [-0.05, 0) is 77.7 Å². The lowest BCUT2D eigenvalue weighted by Crippen LogP contribution is -2.21. The van der Waals surface area contributed by atoms with Gasteiger partial charge in [-0.25, -0.2) is 0 Å². The third-order valence-electron chi connectivity index (χ3n) is 7.68. The molecule has 4 aromatic carbocycles. The van der Waals surface area contributed by atoms with Crippen molar-refractivity contribution < 1.29 is 42.6 Å². The summed E-state index contributed by atoms with van der Waals surface area (Å²) < 4.78 is 50.5. The van der Waals surface area contributed by atoms with Gasteiger partial charge in [0.25, 0.3) is 0 Å². The fourth-order valence-corrected chi connectivity index (χ4v) is 4.89. The molecule has 0 spiro atoms. The van der Waals surface area contributed by atoms with Gasteiger partial charge in [0.1, 0.15) is 61.1 Å². The fourth-order valence-electron chi connectivity index (χ4n) is 4.89. The molecule has 2 heterocycles. The van der Waals surface area contributed by atoms with Gasteiger partial charge in [0.05, 0.1) is 52.9 Å². The Morgan fingerprint density at radius 3 is 1.17 bits per heavy atom. The van der Waals surface area contributed by atoms with Crippen molar-refractivity contribution >= 4 is 0 Å². The highest BCUT2D eigenvalue weighted by Crippen LogP contribution is 2.26. The van der Waals surface area contributed by atoms with Crippen molar-refractivity contribution in [1.29, 1.82) is 0 Å². The Kier molecular flexibility index (Phi) is 12.6. The molecule has 3 atom stereocenters. The van der Waals surface area contributed by atoms with Crippen LogP contribution in [0.25, 0.3) is 22.3 Å². The van der Waals surface area contributed by atoms with Crippen LogP contribution < -0.4 is 18.9 Å². The predicted octanol–water partition coefficient (Wildman–Crippen LogP) is 6.47. The first-order chi connectivity index (χ1) is 23.7. The van der Waals surface area contributed by atoms with E-state index in [0.717, 1.165) is 58.5 Å². The second kappa shape index (κ2) is 17.9. The van der Waals surface area contributed by atoms with E-state index in [9.17, 15) is 0 Å². The van der Waals surface area contributed by atoms with Crippen molar-refractivity contribution in [2.45, 2.75) is 25.2 Å². The van der Waals surface area contributed by atoms with Gasteiger partial charge in [0, 0.05) is 0 Å². The molecule has 0 aliphatic carbocycles. The lowest BCUT2D eigenvalue weighted by atomic mass is 10.1. The highest BCUT2D eigenvalue weighted by atomic mass is 16.6. The molecular weight excluding hydrogens is 612 g/mol. The van der Waals surface area contributed by atoms with Gasteiger partial charge >= 0.3 is 0 Å². The molecule has 4 aromatic rings. The zero-order valence-electron chi connectivity index (χ0n) is 27.4. The van der Waals surface area contributed by atoms with Gasteiger partial charge < -0.3 is 42.6 Å². The largest absolute Gasteiger partial charge is 0.491 e. The van der Waals surface area contributed by atoms with Crippen LogP contribution in [0.2, 0.25) is 0 Å². The first kappa shape index (κ1) is 33.8. The molecule has 0 saturated carbocycles. The molecule has 0 amide bonds. The number of epoxide rings is 2. The second-order valence-electron chi connectivity index (χ2n) is 11.7. The van der Waals surface area contributed by atoms with Crippen molar-refractivity contribution in [3.8, 4) is 45.3 Å². The minimum absolute atomic E-state index is 0.0973. The molecule has 6 rings (SSSR count). The second-order valence-corrected chi connectivity index (χ2v) is 11.7. The summed E-state index contributed by atoms with van der Waals surface area (Å²) in [6.07, 6.45) is 0.462. The molecule has 3 unspecified atom stereocenters. The van der Waals surface area contributed by atoms with Crippen LogP contribution in [-0.4, -0.2) is 91.0 Å². The maximum Gasteiger partial charge on any atom is 0.119 e. The van der Waals surface area contributed by atoms with Gasteiger partial charge in [-0.1, -0.05) is 48.5 Å². The van der Waals surface area contributed by atoms with E-state index in [4.69, 9.17) is 42.6 Å². The van der Waals surface area contributed by atoms with Gasteiger partial charge in [-0.15, -0.1) is 0 Å². The first-order valence-electron chi connectivity index (χ1n) is 16.6. The topological polar surface area (TPSA) is 89.7 Å². The number of hydrogen-bond donors (Lipinski definition) is 0. The Hall–Kier alpha value is -4.12. The Morgan fingerprint density at radius 2 is 0.812 bits per heavy atom. The highest BCUT2D eigenvalue weighted by molar-refractivity contribution is 5.65. The Morgan fingerprint density at radius 1 is 0.479 bits per heavy atom. The summed E-state index contributed by atoms with van der Waals surface area (Å²) in [5, 5.41) is 0. The molecule has 2 aliphatic rings. The van der Waals surface area contributed by atoms with E-state index in [1.807, 2.05) is 55.5 Å². The standard InChI is InChI=1S/C39H44O9/c1-29(48-37-16-8-33(9-17-37)32-6-14-36(15-7-32)45-23-20-42-26-39-28-47-39)24-40-18-21-43-34-10-2-30(3-11-34)31-4-12-35(13-5-31)44-22-19-41-25-38-27-46-38/h2-17,29,38-39H,18-28H2,1H3. The van der Waals surface area contributed by atoms with Crippen molar-refractivity contribution in [3.63, 3.8) is 0 Å². The summed E-state index contributed by atoms with van der Waals surface area (Å²) in [6, 6.07) is 32.2. The van der Waals surface area contributed by atoms with E-state index < -0.39 is 0 Å². The molecule has 254 valence electrons. The molecule has 2 fully saturated rings. The number of benzene rings is 4. The summed E-state index contributed by atoms with van der Waals surface area (Å²) in [6.45, 7) is 8.43. The van der Waals surface area contributed by atoms with Crippen LogP contribution in [0.3, 0.4) is 0 Å². The van der Waals surface area contributed by atoms with Crippen molar-refractivity contribution in [3.05, 3.63) is 97.1 Å². The van der Waals surface area contributed by atoms with Crippen LogP contribution in [0.1, 0.15) is 6.92 Å². The van der Waals surface area contributed by atoms with E-state index in [1.165, 1.54) is 0 Å². The summed E-state index contributed by atoms with van der Waals surface area (Å²) in [7, 11) is 0. The first-order valence-corrected chi connectivity index (χ1v) is 16.6. The normalized spacial score (nSPS) is 17.0. The lowest BCUT2D eigenvalue weighted by Gasteiger charge is -2.16. The van der Waals surface area contributed by atoms with E-state index in [0.29, 0.717) is 59.5 Å². The Labute approximate surface area is 282 Å². The average molecular weight is 657 g/mol. The summed E-state index contributed by atoms with van der Waals surface area (Å²) in [5.41, 5.74) is 4.44. The molecule has 9 heteroatoms. The van der Waals surface area contributed by atoms with Crippen molar-refractivity contribution in [2.24, 2.45) is 0 Å². The van der Waals surface area contributed by atoms with Crippen LogP contribution in [0, 0.1) is 0 Å². The third-order valence-corrected chi connectivity index (χ3v) is 7.68. The minimum Gasteiger partial charge on any atom is -0.491 e. The average Bonchev–Trinajstić information content (AvgIpc) is 4.06. The molecule has 0 aromatic heterocycles. The van der Waals surface area contributed by atoms with Crippen molar-refractivity contribution in [2.75, 3.05) is 72.7 Å². The van der Waals surface area contributed by atoms with Gasteiger partial charge in [0.2, 0.25) is 0 Å². The molecule has 0 N–H and O–H groups in total. The fraction of sp³-hybridized carbons (Fsp3) is 0.385. The minimum atomic E-state index is -0.0973. The van der Waals surface area contributed by atoms with Crippen LogP contribution in [0.5, 0.6) is 23.0 Å². The number of rotatable bonds is 22. The molecule has 0 radical (unpaired) electrons. The quantitative estimate of drug-likeness (QED) is 0.0698. The highest BCUT2D eigenvalue weighted by Gasteiger charge is 2.22. The SMILES string of the molecule is CC(COCCOc1ccc(-c2ccc(OCCOCC3CO3)cc2)cc1)Oc1ccc(-c2ccc(OCCOCC3CO3)cc2)cc1. The Balaban J connectivity index is 0.828. The maximum atomic E-state index is 6.05. The van der Waals surface area contributed by atoms with Gasteiger partial charge in [0.15, 0.2) is 0 Å². The molecule has 48 heavy (non-hydrogen) atoms. The summed E-state index contributed by atoms with van der Waals surface area (Å²) in [4.78, 5) is 0. The van der Waals surface area contributed by atoms with E-state index in [1.54, 1.807) is 0 Å². The molecule has 9 nitrogen and oxygen atoms in total. The molecular formula is C39H44O9. The van der Waals surface area contributed by atoms with E-state index >= 15 is 0 Å². The van der Waals surface area contributed by atoms with Crippen LogP contribution >= 0.6 is 0 Å². The third kappa shape index (κ3) is 11.5. The predicted molar refractivity (Wildman–Crippen MR) is 182 cm³/mol. The summed E-state index contributed by atoms with van der Waals surface area (Å²) in [5.74, 6) is 3.25. The number of hydrogen-bond acceptors (Lipinski definition) is 9. The zero-order valence-corrected chi connectivity index (χ0v) is 27.4. The van der Waals surface area contributed by atoms with Crippen LogP contribution in [0.4, 0.5) is 0 Å². The van der Waals surface area contributed by atoms with E-state index in [-0.39, 0.29) is 18.3 Å². The summed E-state index contributed by atoms with van der Waals surface area (Å²) >= 11 is 0. The maximum absolute atomic E-state index is 6.05. The molecule has 2 saturated heterocycles. The van der Waals surface area contributed by atoms with Crippen molar-refractivity contribution in [1.82, 2.24) is 0 Å². The Bertz CT molecular complexity index is 1480. The lowest BCUT2D eigenvalue weighted by molar-refractivity contribution is 0.0432. The van der Waals surface area contributed by atoms with Crippen LogP contribution in [0.15, 0.2) is 97.1 Å².